The molecule has 102 valence electrons. The smallest absolute Gasteiger partial charge is 0.307 e. The molecular formula is C13H13BrFNO3. The molecule has 2 N–H and O–H groups in total. The van der Waals surface area contributed by atoms with Crippen LogP contribution in [-0.4, -0.2) is 17.0 Å². The maximum absolute atomic E-state index is 12.9. The Kier molecular flexibility index (Phi) is 4.19. The van der Waals surface area contributed by atoms with Crippen molar-refractivity contribution in [2.24, 2.45) is 11.8 Å². The Morgan fingerprint density at radius 1 is 1.37 bits per heavy atom. The van der Waals surface area contributed by atoms with E-state index in [1.807, 2.05) is 0 Å². The van der Waals surface area contributed by atoms with Crippen molar-refractivity contribution in [2.45, 2.75) is 19.4 Å². The van der Waals surface area contributed by atoms with E-state index in [9.17, 15) is 14.0 Å². The molecule has 1 saturated carbocycles. The zero-order chi connectivity index (χ0) is 14.0. The first-order chi connectivity index (χ1) is 8.99. The number of halogens is 2. The zero-order valence-corrected chi connectivity index (χ0v) is 11.6. The first-order valence-corrected chi connectivity index (χ1v) is 6.73. The molecule has 1 amide bonds. The van der Waals surface area contributed by atoms with Gasteiger partial charge in [0, 0.05) is 11.0 Å². The zero-order valence-electron chi connectivity index (χ0n) is 10.0. The lowest BCUT2D eigenvalue weighted by molar-refractivity contribution is -0.152. The lowest BCUT2D eigenvalue weighted by atomic mass is 9.73. The van der Waals surface area contributed by atoms with E-state index in [1.165, 1.54) is 12.1 Å². The number of hydrogen-bond acceptors (Lipinski definition) is 2. The van der Waals surface area contributed by atoms with Crippen LogP contribution in [0.2, 0.25) is 0 Å². The second-order valence-corrected chi connectivity index (χ2v) is 5.44. The molecule has 2 atom stereocenters. The third kappa shape index (κ3) is 3.12. The molecule has 0 radical (unpaired) electrons. The molecule has 1 aliphatic rings. The van der Waals surface area contributed by atoms with Gasteiger partial charge in [-0.25, -0.2) is 4.39 Å². The van der Waals surface area contributed by atoms with Gasteiger partial charge in [0.25, 0.3) is 0 Å². The largest absolute Gasteiger partial charge is 0.481 e. The molecule has 2 rings (SSSR count). The molecule has 1 fully saturated rings. The van der Waals surface area contributed by atoms with E-state index in [4.69, 9.17) is 5.11 Å². The van der Waals surface area contributed by atoms with Crippen LogP contribution in [0, 0.1) is 17.7 Å². The van der Waals surface area contributed by atoms with Gasteiger partial charge in [0.15, 0.2) is 0 Å². The van der Waals surface area contributed by atoms with Crippen LogP contribution in [-0.2, 0) is 16.1 Å². The maximum Gasteiger partial charge on any atom is 0.307 e. The van der Waals surface area contributed by atoms with Crippen molar-refractivity contribution < 1.29 is 19.1 Å². The Bertz CT molecular complexity index is 521. The molecule has 0 aliphatic heterocycles. The average molecular weight is 330 g/mol. The molecule has 0 spiro atoms. The summed E-state index contributed by atoms with van der Waals surface area (Å²) in [5.74, 6) is -2.55. The topological polar surface area (TPSA) is 66.4 Å². The third-order valence-corrected chi connectivity index (χ3v) is 4.13. The van der Waals surface area contributed by atoms with Crippen LogP contribution in [0.25, 0.3) is 0 Å². The van der Waals surface area contributed by atoms with Gasteiger partial charge in [-0.3, -0.25) is 9.59 Å². The number of carboxylic acid groups (broad SMARTS) is 1. The van der Waals surface area contributed by atoms with Crippen LogP contribution in [0.3, 0.4) is 0 Å². The average Bonchev–Trinajstić information content (AvgIpc) is 2.25. The molecule has 0 heterocycles. The van der Waals surface area contributed by atoms with Gasteiger partial charge in [0.2, 0.25) is 5.91 Å². The summed E-state index contributed by atoms with van der Waals surface area (Å²) >= 11 is 3.21. The minimum absolute atomic E-state index is 0.253. The Morgan fingerprint density at radius 2 is 2.05 bits per heavy atom. The summed E-state index contributed by atoms with van der Waals surface area (Å²) in [7, 11) is 0. The summed E-state index contributed by atoms with van der Waals surface area (Å²) in [4.78, 5) is 22.7. The summed E-state index contributed by atoms with van der Waals surface area (Å²) in [5.41, 5.74) is 0.751. The van der Waals surface area contributed by atoms with Crippen LogP contribution in [0.1, 0.15) is 18.4 Å². The highest BCUT2D eigenvalue weighted by Gasteiger charge is 2.41. The van der Waals surface area contributed by atoms with Crippen molar-refractivity contribution in [2.75, 3.05) is 0 Å². The van der Waals surface area contributed by atoms with Gasteiger partial charge in [-0.15, -0.1) is 0 Å². The van der Waals surface area contributed by atoms with Crippen LogP contribution >= 0.6 is 15.9 Å². The quantitative estimate of drug-likeness (QED) is 0.890. The molecule has 19 heavy (non-hydrogen) atoms. The number of hydrogen-bond donors (Lipinski definition) is 2. The van der Waals surface area contributed by atoms with Gasteiger partial charge in [-0.05, 0) is 30.5 Å². The summed E-state index contributed by atoms with van der Waals surface area (Å²) in [6, 6.07) is 4.22. The van der Waals surface area contributed by atoms with Crippen LogP contribution in [0.4, 0.5) is 4.39 Å². The van der Waals surface area contributed by atoms with Crippen molar-refractivity contribution in [3.05, 3.63) is 34.1 Å². The first-order valence-electron chi connectivity index (χ1n) is 5.93. The molecular weight excluding hydrogens is 317 g/mol. The van der Waals surface area contributed by atoms with Gasteiger partial charge < -0.3 is 10.4 Å². The molecule has 4 nitrogen and oxygen atoms in total. The van der Waals surface area contributed by atoms with E-state index in [-0.39, 0.29) is 18.3 Å². The Morgan fingerprint density at radius 3 is 2.58 bits per heavy atom. The van der Waals surface area contributed by atoms with Gasteiger partial charge in [-0.1, -0.05) is 22.0 Å². The maximum atomic E-state index is 12.9. The predicted octanol–water partition coefficient (Wildman–Crippen LogP) is 2.32. The number of rotatable bonds is 4. The van der Waals surface area contributed by atoms with E-state index in [0.29, 0.717) is 17.3 Å². The molecule has 1 aliphatic carbocycles. The molecule has 0 saturated heterocycles. The number of amides is 1. The lowest BCUT2D eigenvalue weighted by Gasteiger charge is -2.31. The van der Waals surface area contributed by atoms with Crippen LogP contribution in [0.15, 0.2) is 22.7 Å². The highest BCUT2D eigenvalue weighted by Crippen LogP contribution is 2.34. The Balaban J connectivity index is 1.92. The van der Waals surface area contributed by atoms with Gasteiger partial charge in [0.1, 0.15) is 5.82 Å². The molecule has 1 aromatic carbocycles. The summed E-state index contributed by atoms with van der Waals surface area (Å²) < 4.78 is 13.5. The fourth-order valence-corrected chi connectivity index (χ4v) is 2.58. The molecule has 1 aromatic rings. The first kappa shape index (κ1) is 14.0. The van der Waals surface area contributed by atoms with E-state index in [1.54, 1.807) is 6.07 Å². The monoisotopic (exact) mass is 329 g/mol. The number of benzene rings is 1. The number of aliphatic carboxylic acids is 1. The number of nitrogens with one attached hydrogen (secondary N) is 1. The lowest BCUT2D eigenvalue weighted by Crippen LogP contribution is -2.43. The fourth-order valence-electron chi connectivity index (χ4n) is 2.09. The molecule has 6 heteroatoms. The van der Waals surface area contributed by atoms with E-state index < -0.39 is 17.8 Å². The van der Waals surface area contributed by atoms with Gasteiger partial charge in [-0.2, -0.15) is 0 Å². The molecule has 0 bridgehead atoms. The molecule has 0 aromatic heterocycles. The van der Waals surface area contributed by atoms with E-state index in [2.05, 4.69) is 21.2 Å². The number of carboxylic acids is 1. The standard InChI is InChI=1S/C13H13BrFNO3/c14-11-5-8(15)2-1-7(11)6-16-12(17)9-3-4-10(9)13(18)19/h1-2,5,9-10H,3-4,6H2,(H,16,17)(H,18,19). The van der Waals surface area contributed by atoms with E-state index >= 15 is 0 Å². The fraction of sp³-hybridized carbons (Fsp3) is 0.385. The van der Waals surface area contributed by atoms with E-state index in [0.717, 1.165) is 5.56 Å². The normalized spacial score (nSPS) is 21.6. The predicted molar refractivity (Wildman–Crippen MR) is 69.8 cm³/mol. The summed E-state index contributed by atoms with van der Waals surface area (Å²) in [6.45, 7) is 0.253. The number of carbonyl (C=O) groups excluding carboxylic acids is 1. The van der Waals surface area contributed by atoms with Crippen molar-refractivity contribution in [1.82, 2.24) is 5.32 Å². The van der Waals surface area contributed by atoms with Crippen molar-refractivity contribution >= 4 is 27.8 Å². The highest BCUT2D eigenvalue weighted by molar-refractivity contribution is 9.10. The van der Waals surface area contributed by atoms with Crippen molar-refractivity contribution in [3.63, 3.8) is 0 Å². The third-order valence-electron chi connectivity index (χ3n) is 3.40. The highest BCUT2D eigenvalue weighted by atomic mass is 79.9. The molecule has 2 unspecified atom stereocenters. The van der Waals surface area contributed by atoms with Crippen LogP contribution in [0.5, 0.6) is 0 Å². The second-order valence-electron chi connectivity index (χ2n) is 4.58. The Labute approximate surface area is 118 Å². The SMILES string of the molecule is O=C(O)C1CCC1C(=O)NCc1ccc(F)cc1Br. The minimum atomic E-state index is -0.922. The van der Waals surface area contributed by atoms with Crippen molar-refractivity contribution in [3.8, 4) is 0 Å². The van der Waals surface area contributed by atoms with Crippen LogP contribution < -0.4 is 5.32 Å². The van der Waals surface area contributed by atoms with Crippen molar-refractivity contribution in [1.29, 1.82) is 0 Å². The number of carbonyl (C=O) groups is 2. The summed E-state index contributed by atoms with van der Waals surface area (Å²) in [6.07, 6.45) is 1.15. The van der Waals surface area contributed by atoms with Gasteiger partial charge in [0.05, 0.1) is 11.8 Å². The Hall–Kier alpha value is -1.43. The minimum Gasteiger partial charge on any atom is -0.481 e. The van der Waals surface area contributed by atoms with Gasteiger partial charge >= 0.3 is 5.97 Å². The second kappa shape index (κ2) is 5.69. The summed E-state index contributed by atoms with van der Waals surface area (Å²) in [5, 5.41) is 11.6.